The standard InChI is InChI=1S/C49H48N2O/c1-35(37-17-7-3-4-8-18-37)50-49(44-26-16-25-43(33-44)46-27-13-14-28-48(46)52)51-36(2)38-23-15-24-39(30-29-38)42-31-32-45(40-19-9-5-10-20-40)47(34-42)41-21-11-6-12-22-41/h3-4,6,9,11,13-14,16-17,19-21,23,25-34,39,52H,1,5,7-8,10,12,15,18,22,24H2,2H3. The summed E-state index contributed by atoms with van der Waals surface area (Å²) in [5.74, 6) is 1.18. The molecule has 0 aliphatic heterocycles. The molecule has 4 aliphatic rings. The average Bonchev–Trinajstić information content (AvgIpc) is 3.63. The van der Waals surface area contributed by atoms with Gasteiger partial charge in [-0.3, -0.25) is 0 Å². The fourth-order valence-electron chi connectivity index (χ4n) is 7.45. The van der Waals surface area contributed by atoms with Crippen LogP contribution in [0.15, 0.2) is 173 Å². The van der Waals surface area contributed by atoms with Crippen molar-refractivity contribution in [1.82, 2.24) is 0 Å². The van der Waals surface area contributed by atoms with Gasteiger partial charge < -0.3 is 5.11 Å². The van der Waals surface area contributed by atoms with Gasteiger partial charge in [0.2, 0.25) is 0 Å². The molecule has 260 valence electrons. The molecule has 0 saturated carbocycles. The Bertz CT molecular complexity index is 2160. The second-order valence-corrected chi connectivity index (χ2v) is 14.0. The average molecular weight is 681 g/mol. The van der Waals surface area contributed by atoms with Crippen molar-refractivity contribution in [1.29, 1.82) is 0 Å². The maximum Gasteiger partial charge on any atom is 0.160 e. The van der Waals surface area contributed by atoms with E-state index in [1.165, 1.54) is 27.8 Å². The van der Waals surface area contributed by atoms with Crippen LogP contribution >= 0.6 is 0 Å². The summed E-state index contributed by atoms with van der Waals surface area (Å²) < 4.78 is 0. The first kappa shape index (κ1) is 34.9. The van der Waals surface area contributed by atoms with E-state index >= 15 is 0 Å². The fourth-order valence-corrected chi connectivity index (χ4v) is 7.45. The van der Waals surface area contributed by atoms with Crippen LogP contribution in [0.25, 0.3) is 22.3 Å². The van der Waals surface area contributed by atoms with Crippen molar-refractivity contribution in [2.45, 2.75) is 70.6 Å². The van der Waals surface area contributed by atoms with Gasteiger partial charge in [0.1, 0.15) is 5.75 Å². The van der Waals surface area contributed by atoms with Crippen molar-refractivity contribution in [3.8, 4) is 16.9 Å². The van der Waals surface area contributed by atoms with Gasteiger partial charge in [0.25, 0.3) is 0 Å². The molecule has 0 fully saturated rings. The zero-order chi connectivity index (χ0) is 35.7. The van der Waals surface area contributed by atoms with Crippen molar-refractivity contribution in [2.75, 3.05) is 0 Å². The smallest absolute Gasteiger partial charge is 0.160 e. The number of phenolic OH excluding ortho intramolecular Hbond substituents is 1. The molecule has 0 aromatic heterocycles. The highest BCUT2D eigenvalue weighted by Crippen LogP contribution is 2.37. The van der Waals surface area contributed by atoms with Gasteiger partial charge in [0.05, 0.1) is 5.70 Å². The minimum absolute atomic E-state index is 0.249. The zero-order valence-electron chi connectivity index (χ0n) is 30.3. The Morgan fingerprint density at radius 1 is 0.750 bits per heavy atom. The summed E-state index contributed by atoms with van der Waals surface area (Å²) in [4.78, 5) is 10.3. The number of para-hydroxylation sites is 1. The maximum atomic E-state index is 10.6. The van der Waals surface area contributed by atoms with Crippen LogP contribution in [0.5, 0.6) is 5.75 Å². The van der Waals surface area contributed by atoms with Crippen LogP contribution in [0.4, 0.5) is 0 Å². The predicted molar refractivity (Wildman–Crippen MR) is 222 cm³/mol. The van der Waals surface area contributed by atoms with Crippen LogP contribution in [0.2, 0.25) is 0 Å². The highest BCUT2D eigenvalue weighted by Gasteiger charge is 2.18. The third-order valence-corrected chi connectivity index (χ3v) is 10.4. The van der Waals surface area contributed by atoms with E-state index in [-0.39, 0.29) is 5.75 Å². The number of amidine groups is 1. The second-order valence-electron chi connectivity index (χ2n) is 14.0. The first-order valence-electron chi connectivity index (χ1n) is 18.9. The van der Waals surface area contributed by atoms with Gasteiger partial charge in [-0.15, -0.1) is 0 Å². The summed E-state index contributed by atoms with van der Waals surface area (Å²) in [5.41, 5.74) is 13.4. The van der Waals surface area contributed by atoms with E-state index in [2.05, 4.69) is 111 Å². The summed E-state index contributed by atoms with van der Waals surface area (Å²) >= 11 is 0. The minimum Gasteiger partial charge on any atom is -0.507 e. The Balaban J connectivity index is 1.20. The lowest BCUT2D eigenvalue weighted by molar-refractivity contribution is 0.477. The Morgan fingerprint density at radius 2 is 1.65 bits per heavy atom. The first-order valence-corrected chi connectivity index (χ1v) is 18.9. The van der Waals surface area contributed by atoms with Crippen LogP contribution < -0.4 is 0 Å². The van der Waals surface area contributed by atoms with Gasteiger partial charge in [-0.25, -0.2) is 9.98 Å². The molecule has 0 spiro atoms. The number of aromatic hydroxyl groups is 1. The van der Waals surface area contributed by atoms with Crippen LogP contribution in [0, 0.1) is 0 Å². The Morgan fingerprint density at radius 3 is 2.50 bits per heavy atom. The quantitative estimate of drug-likeness (QED) is 0.144. The van der Waals surface area contributed by atoms with E-state index in [1.54, 1.807) is 6.07 Å². The molecule has 1 atom stereocenters. The molecule has 0 radical (unpaired) electrons. The summed E-state index contributed by atoms with van der Waals surface area (Å²) in [5, 5.41) is 10.6. The highest BCUT2D eigenvalue weighted by molar-refractivity contribution is 6.13. The van der Waals surface area contributed by atoms with Crippen molar-refractivity contribution in [2.24, 2.45) is 9.98 Å². The van der Waals surface area contributed by atoms with Crippen molar-refractivity contribution in [3.05, 3.63) is 185 Å². The molecule has 1 unspecified atom stereocenters. The molecule has 4 aliphatic carbocycles. The van der Waals surface area contributed by atoms with Gasteiger partial charge in [0.15, 0.2) is 5.84 Å². The number of benzene rings is 3. The Hall–Kier alpha value is -5.54. The van der Waals surface area contributed by atoms with Crippen LogP contribution in [-0.2, 0) is 0 Å². The van der Waals surface area contributed by atoms with Crippen molar-refractivity contribution >= 4 is 22.7 Å². The molecule has 0 amide bonds. The number of hydrogen-bond donors (Lipinski definition) is 1. The van der Waals surface area contributed by atoms with E-state index < -0.39 is 0 Å². The number of allylic oxidation sites excluding steroid dienone is 16. The summed E-state index contributed by atoms with van der Waals surface area (Å²) in [6.45, 7) is 6.48. The van der Waals surface area contributed by atoms with E-state index in [1.807, 2.05) is 36.4 Å². The normalized spacial score (nSPS) is 19.3. The topological polar surface area (TPSA) is 45.0 Å². The van der Waals surface area contributed by atoms with E-state index in [0.29, 0.717) is 11.8 Å². The third kappa shape index (κ3) is 8.32. The highest BCUT2D eigenvalue weighted by atomic mass is 16.3. The van der Waals surface area contributed by atoms with Crippen molar-refractivity contribution < 1.29 is 5.11 Å². The lowest BCUT2D eigenvalue weighted by Crippen LogP contribution is -2.05. The largest absolute Gasteiger partial charge is 0.507 e. The molecule has 52 heavy (non-hydrogen) atoms. The summed E-state index contributed by atoms with van der Waals surface area (Å²) in [6, 6.07) is 22.7. The van der Waals surface area contributed by atoms with Gasteiger partial charge in [-0.2, -0.15) is 0 Å². The van der Waals surface area contributed by atoms with Gasteiger partial charge in [0, 0.05) is 22.8 Å². The first-order chi connectivity index (χ1) is 25.5. The lowest BCUT2D eigenvalue weighted by atomic mass is 9.84. The number of nitrogens with zero attached hydrogens (tertiary/aromatic N) is 2. The number of hydrogen-bond acceptors (Lipinski definition) is 2. The molecule has 7 rings (SSSR count). The molecule has 0 heterocycles. The van der Waals surface area contributed by atoms with Crippen molar-refractivity contribution in [3.63, 3.8) is 0 Å². The lowest BCUT2D eigenvalue weighted by Gasteiger charge is -2.20. The van der Waals surface area contributed by atoms with Crippen LogP contribution in [0.3, 0.4) is 0 Å². The fraction of sp³-hybridized carbons (Fsp3) is 0.224. The molecule has 3 nitrogen and oxygen atoms in total. The maximum absolute atomic E-state index is 10.6. The van der Waals surface area contributed by atoms with Gasteiger partial charge in [-0.1, -0.05) is 134 Å². The number of rotatable bonds is 8. The van der Waals surface area contributed by atoms with Crippen LogP contribution in [0.1, 0.15) is 92.9 Å². The second kappa shape index (κ2) is 16.7. The van der Waals surface area contributed by atoms with Crippen LogP contribution in [-0.4, -0.2) is 16.7 Å². The minimum atomic E-state index is 0.249. The molecule has 3 heteroatoms. The third-order valence-electron chi connectivity index (χ3n) is 10.4. The molecular formula is C49H48N2O. The molecule has 0 saturated heterocycles. The summed E-state index contributed by atoms with van der Waals surface area (Å²) in [7, 11) is 0. The SMILES string of the molecule is C=C(N=C(N=C(C)C1=CCCC(c2ccc(C3=CCCC=C3)c(C3=CC=CCC3)c2)C=C1)c1cccc(-c2ccccc2O)c1)C1=CCC=CCC1. The number of aliphatic imine (C=N–C) groups is 2. The Labute approximate surface area is 309 Å². The predicted octanol–water partition coefficient (Wildman–Crippen LogP) is 13.0. The summed E-state index contributed by atoms with van der Waals surface area (Å²) in [6.07, 6.45) is 36.5. The van der Waals surface area contributed by atoms with E-state index in [0.717, 1.165) is 97.0 Å². The monoisotopic (exact) mass is 680 g/mol. The molecule has 1 N–H and O–H groups in total. The Kier molecular flexibility index (Phi) is 11.2. The number of phenols is 1. The van der Waals surface area contributed by atoms with Gasteiger partial charge >= 0.3 is 0 Å². The van der Waals surface area contributed by atoms with E-state index in [4.69, 9.17) is 9.98 Å². The zero-order valence-corrected chi connectivity index (χ0v) is 30.3. The van der Waals surface area contributed by atoms with E-state index in [9.17, 15) is 5.11 Å². The molecular weight excluding hydrogens is 633 g/mol. The van der Waals surface area contributed by atoms with Gasteiger partial charge in [-0.05, 0) is 121 Å². The molecule has 0 bridgehead atoms. The molecule has 3 aromatic rings. The molecule has 3 aromatic carbocycles.